The first-order chi connectivity index (χ1) is 10.9. The average Bonchev–Trinajstić information content (AvgIpc) is 2.96. The number of benzene rings is 1. The molecular weight excluding hydrogens is 352 g/mol. The van der Waals surface area contributed by atoms with Gasteiger partial charge in [-0.25, -0.2) is 16.8 Å². The largest absolute Gasteiger partial charge is 0.325 e. The molecule has 1 aromatic rings. The van der Waals surface area contributed by atoms with E-state index < -0.39 is 31.3 Å². The van der Waals surface area contributed by atoms with Crippen LogP contribution in [0.25, 0.3) is 0 Å². The van der Waals surface area contributed by atoms with E-state index in [4.69, 9.17) is 0 Å². The van der Waals surface area contributed by atoms with Gasteiger partial charge in [-0.1, -0.05) is 0 Å². The van der Waals surface area contributed by atoms with Crippen LogP contribution in [0, 0.1) is 0 Å². The minimum absolute atomic E-state index is 0.00711. The maximum absolute atomic E-state index is 12.8. The zero-order valence-electron chi connectivity index (χ0n) is 13.7. The average molecular weight is 372 g/mol. The summed E-state index contributed by atoms with van der Waals surface area (Å²) in [5, 5.41) is 2.73. The fourth-order valence-corrected chi connectivity index (χ4v) is 6.42. The van der Waals surface area contributed by atoms with Gasteiger partial charge in [0.2, 0.25) is 15.9 Å². The number of nitrogens with zero attached hydrogens (tertiary/aromatic N) is 1. The molecule has 1 unspecified atom stereocenters. The van der Waals surface area contributed by atoms with E-state index >= 15 is 0 Å². The Labute approximate surface area is 142 Å². The predicted octanol–water partition coefficient (Wildman–Crippen LogP) is 0.724. The summed E-state index contributed by atoms with van der Waals surface area (Å²) in [4.78, 5) is 12.1. The van der Waals surface area contributed by atoms with Crippen LogP contribution in [-0.2, 0) is 30.1 Å². The van der Waals surface area contributed by atoms with Gasteiger partial charge in [0, 0.05) is 18.8 Å². The topological polar surface area (TPSA) is 101 Å². The van der Waals surface area contributed by atoms with E-state index in [0.717, 1.165) is 4.31 Å². The zero-order valence-corrected chi connectivity index (χ0v) is 15.4. The quantitative estimate of drug-likeness (QED) is 0.843. The van der Waals surface area contributed by atoms with E-state index in [1.807, 2.05) is 0 Å². The molecule has 1 saturated heterocycles. The molecule has 132 valence electrons. The monoisotopic (exact) mass is 372 g/mol. The lowest BCUT2D eigenvalue weighted by molar-refractivity contribution is -0.119. The van der Waals surface area contributed by atoms with E-state index in [1.54, 1.807) is 19.9 Å². The van der Waals surface area contributed by atoms with Crippen LogP contribution in [0.3, 0.4) is 0 Å². The Morgan fingerprint density at radius 2 is 1.96 bits per heavy atom. The van der Waals surface area contributed by atoms with Crippen LogP contribution in [0.2, 0.25) is 0 Å². The normalized spacial score (nSPS) is 24.8. The summed E-state index contributed by atoms with van der Waals surface area (Å²) in [5.41, 5.74) is 0.423. The van der Waals surface area contributed by atoms with Gasteiger partial charge in [0.1, 0.15) is 0 Å². The second-order valence-corrected chi connectivity index (χ2v) is 11.1. The molecule has 2 aliphatic heterocycles. The van der Waals surface area contributed by atoms with Gasteiger partial charge in [-0.2, -0.15) is 4.31 Å². The second kappa shape index (κ2) is 5.27. The van der Waals surface area contributed by atoms with Crippen LogP contribution < -0.4 is 5.32 Å². The number of sulfone groups is 1. The third-order valence-electron chi connectivity index (χ3n) is 4.88. The van der Waals surface area contributed by atoms with E-state index in [0.29, 0.717) is 17.7 Å². The fraction of sp³-hybridized carbons (Fsp3) is 0.533. The summed E-state index contributed by atoms with van der Waals surface area (Å²) in [7, 11) is -5.61. The van der Waals surface area contributed by atoms with Crippen molar-refractivity contribution in [3.63, 3.8) is 0 Å². The SMILES string of the molecule is CN(C1CCS(=O)(=O)C1)S(=O)(=O)c1ccc2c(c1)C(C)(C)C(=O)N2. The lowest BCUT2D eigenvalue weighted by Crippen LogP contribution is -2.37. The molecule has 2 aliphatic rings. The third-order valence-corrected chi connectivity index (χ3v) is 8.54. The first kappa shape index (κ1) is 17.4. The number of carbonyl (C=O) groups is 1. The number of anilines is 1. The molecule has 0 radical (unpaired) electrons. The zero-order chi connectivity index (χ0) is 17.9. The molecule has 3 rings (SSSR count). The van der Waals surface area contributed by atoms with Crippen molar-refractivity contribution in [2.24, 2.45) is 0 Å². The summed E-state index contributed by atoms with van der Waals surface area (Å²) in [6.45, 7) is 3.47. The number of carbonyl (C=O) groups excluding carboxylic acids is 1. The fourth-order valence-electron chi connectivity index (χ4n) is 3.14. The minimum Gasteiger partial charge on any atom is -0.325 e. The summed E-state index contributed by atoms with van der Waals surface area (Å²) >= 11 is 0. The highest BCUT2D eigenvalue weighted by molar-refractivity contribution is 7.92. The molecule has 9 heteroatoms. The number of sulfonamides is 1. The molecule has 0 aliphatic carbocycles. The molecular formula is C15H20N2O5S2. The standard InChI is InChI=1S/C15H20N2O5S2/c1-15(2)12-8-11(4-5-13(12)16-14(15)18)24(21,22)17(3)10-6-7-23(19,20)9-10/h4-5,8,10H,6-7,9H2,1-3H3,(H,16,18). The number of hydrogen-bond acceptors (Lipinski definition) is 5. The molecule has 7 nitrogen and oxygen atoms in total. The summed E-state index contributed by atoms with van der Waals surface area (Å²) in [5.74, 6) is -0.325. The lowest BCUT2D eigenvalue weighted by Gasteiger charge is -2.23. The van der Waals surface area contributed by atoms with Crippen molar-refractivity contribution >= 4 is 31.5 Å². The number of nitrogens with one attached hydrogen (secondary N) is 1. The molecule has 0 bridgehead atoms. The Morgan fingerprint density at radius 1 is 1.29 bits per heavy atom. The van der Waals surface area contributed by atoms with Crippen molar-refractivity contribution in [2.75, 3.05) is 23.9 Å². The van der Waals surface area contributed by atoms with Gasteiger partial charge < -0.3 is 5.32 Å². The summed E-state index contributed by atoms with van der Waals surface area (Å²) < 4.78 is 50.1. The molecule has 24 heavy (non-hydrogen) atoms. The Bertz CT molecular complexity index is 919. The maximum Gasteiger partial charge on any atom is 0.243 e. The lowest BCUT2D eigenvalue weighted by atomic mass is 9.86. The van der Waals surface area contributed by atoms with Crippen LogP contribution in [0.1, 0.15) is 25.8 Å². The molecule has 1 atom stereocenters. The van der Waals surface area contributed by atoms with Crippen molar-refractivity contribution in [3.05, 3.63) is 23.8 Å². The van der Waals surface area contributed by atoms with Crippen molar-refractivity contribution in [3.8, 4) is 0 Å². The summed E-state index contributed by atoms with van der Waals surface area (Å²) in [6.07, 6.45) is 0.300. The van der Waals surface area contributed by atoms with E-state index in [1.165, 1.54) is 19.2 Å². The molecule has 1 N–H and O–H groups in total. The van der Waals surface area contributed by atoms with Gasteiger partial charge >= 0.3 is 0 Å². The Morgan fingerprint density at radius 3 is 2.54 bits per heavy atom. The highest BCUT2D eigenvalue weighted by Gasteiger charge is 2.41. The van der Waals surface area contributed by atoms with E-state index in [2.05, 4.69) is 5.32 Å². The number of amides is 1. The van der Waals surface area contributed by atoms with Crippen LogP contribution in [-0.4, -0.2) is 51.6 Å². The van der Waals surface area contributed by atoms with Crippen molar-refractivity contribution in [1.29, 1.82) is 0 Å². The van der Waals surface area contributed by atoms with Gasteiger partial charge in [-0.15, -0.1) is 0 Å². The third kappa shape index (κ3) is 2.64. The Hall–Kier alpha value is -1.45. The van der Waals surface area contributed by atoms with Gasteiger partial charge in [-0.3, -0.25) is 4.79 Å². The Balaban J connectivity index is 1.97. The number of rotatable bonds is 3. The van der Waals surface area contributed by atoms with E-state index in [-0.39, 0.29) is 22.3 Å². The Kier molecular flexibility index (Phi) is 3.82. The number of hydrogen-bond donors (Lipinski definition) is 1. The molecule has 0 saturated carbocycles. The van der Waals surface area contributed by atoms with E-state index in [9.17, 15) is 21.6 Å². The van der Waals surface area contributed by atoms with Crippen LogP contribution >= 0.6 is 0 Å². The van der Waals surface area contributed by atoms with Gasteiger partial charge in [0.15, 0.2) is 9.84 Å². The highest BCUT2D eigenvalue weighted by atomic mass is 32.2. The van der Waals surface area contributed by atoms with Crippen molar-refractivity contribution < 1.29 is 21.6 Å². The molecule has 0 spiro atoms. The van der Waals surface area contributed by atoms with Crippen LogP contribution in [0.15, 0.2) is 23.1 Å². The molecule has 0 aromatic heterocycles. The highest BCUT2D eigenvalue weighted by Crippen LogP contribution is 2.39. The van der Waals surface area contributed by atoms with Crippen LogP contribution in [0.5, 0.6) is 0 Å². The predicted molar refractivity (Wildman–Crippen MR) is 90.1 cm³/mol. The minimum atomic E-state index is -3.83. The van der Waals surface area contributed by atoms with Gasteiger partial charge in [0.05, 0.1) is 21.8 Å². The maximum atomic E-state index is 12.8. The first-order valence-corrected chi connectivity index (χ1v) is 10.9. The molecule has 1 fully saturated rings. The summed E-state index contributed by atoms with van der Waals surface area (Å²) in [6, 6.07) is 3.97. The smallest absolute Gasteiger partial charge is 0.243 e. The molecule has 1 amide bonds. The van der Waals surface area contributed by atoms with Crippen LogP contribution in [0.4, 0.5) is 5.69 Å². The van der Waals surface area contributed by atoms with Gasteiger partial charge in [-0.05, 0) is 44.0 Å². The number of fused-ring (bicyclic) bond motifs is 1. The van der Waals surface area contributed by atoms with Gasteiger partial charge in [0.25, 0.3) is 0 Å². The first-order valence-electron chi connectivity index (χ1n) is 7.59. The van der Waals surface area contributed by atoms with Crippen molar-refractivity contribution in [1.82, 2.24) is 4.31 Å². The van der Waals surface area contributed by atoms with Crippen molar-refractivity contribution in [2.45, 2.75) is 36.6 Å². The molecule has 2 heterocycles. The molecule has 1 aromatic carbocycles. The second-order valence-electron chi connectivity index (χ2n) is 6.86.